The molecule has 5 nitrogen and oxygen atoms in total. The van der Waals surface area contributed by atoms with E-state index in [4.69, 9.17) is 11.6 Å². The zero-order valence-electron chi connectivity index (χ0n) is 11.5. The molecule has 3 aliphatic rings. The smallest absolute Gasteiger partial charge is 0.270 e. The highest BCUT2D eigenvalue weighted by Crippen LogP contribution is 2.52. The summed E-state index contributed by atoms with van der Waals surface area (Å²) in [7, 11) is 0. The number of nitrogens with zero attached hydrogens (tertiary/aromatic N) is 1. The lowest BCUT2D eigenvalue weighted by molar-refractivity contribution is -0.143. The molecule has 0 unspecified atom stereocenters. The van der Waals surface area contributed by atoms with E-state index in [0.29, 0.717) is 10.6 Å². The summed E-state index contributed by atoms with van der Waals surface area (Å²) in [6.45, 7) is 0. The van der Waals surface area contributed by atoms with Crippen LogP contribution in [0.1, 0.15) is 16.8 Å². The maximum atomic E-state index is 12.5. The summed E-state index contributed by atoms with van der Waals surface area (Å²) in [4.78, 5) is 37.1. The quantitative estimate of drug-likeness (QED) is 0.668. The molecule has 112 valence electrons. The normalized spacial score (nSPS) is 31.8. The molecule has 0 radical (unpaired) electrons. The number of hydrogen-bond acceptors (Lipinski definition) is 3. The van der Waals surface area contributed by atoms with Crippen molar-refractivity contribution in [2.24, 2.45) is 23.7 Å². The zero-order chi connectivity index (χ0) is 15.4. The molecule has 0 spiro atoms. The zero-order valence-corrected chi connectivity index (χ0v) is 12.3. The summed E-state index contributed by atoms with van der Waals surface area (Å²) in [5, 5.41) is 1.32. The molecule has 1 aromatic carbocycles. The fraction of sp³-hybridized carbons (Fsp3) is 0.312. The Kier molecular flexibility index (Phi) is 2.87. The van der Waals surface area contributed by atoms with E-state index in [9.17, 15) is 14.4 Å². The van der Waals surface area contributed by atoms with Gasteiger partial charge in [0.15, 0.2) is 0 Å². The first-order valence-corrected chi connectivity index (χ1v) is 7.57. The van der Waals surface area contributed by atoms with Gasteiger partial charge < -0.3 is 0 Å². The predicted octanol–water partition coefficient (Wildman–Crippen LogP) is 1.79. The van der Waals surface area contributed by atoms with Crippen LogP contribution in [0.25, 0.3) is 0 Å². The lowest BCUT2D eigenvalue weighted by Gasteiger charge is -2.18. The molecule has 0 aromatic heterocycles. The number of imide groups is 1. The first-order chi connectivity index (χ1) is 10.6. The van der Waals surface area contributed by atoms with Gasteiger partial charge in [-0.2, -0.15) is 5.01 Å². The average Bonchev–Trinajstić information content (AvgIpc) is 3.17. The Morgan fingerprint density at radius 1 is 1.14 bits per heavy atom. The highest BCUT2D eigenvalue weighted by molar-refractivity contribution is 6.31. The fourth-order valence-electron chi connectivity index (χ4n) is 3.81. The van der Waals surface area contributed by atoms with Gasteiger partial charge in [0.1, 0.15) is 0 Å². The molecule has 2 fully saturated rings. The first-order valence-electron chi connectivity index (χ1n) is 7.19. The molecule has 4 rings (SSSR count). The van der Waals surface area contributed by atoms with Crippen LogP contribution in [-0.4, -0.2) is 22.7 Å². The molecular weight excluding hydrogens is 304 g/mol. The van der Waals surface area contributed by atoms with Gasteiger partial charge in [-0.3, -0.25) is 19.8 Å². The van der Waals surface area contributed by atoms with Gasteiger partial charge in [0.2, 0.25) is 0 Å². The monoisotopic (exact) mass is 316 g/mol. The van der Waals surface area contributed by atoms with Gasteiger partial charge in [-0.1, -0.05) is 29.8 Å². The van der Waals surface area contributed by atoms with Gasteiger partial charge in [-0.25, -0.2) is 0 Å². The average molecular weight is 317 g/mol. The highest BCUT2D eigenvalue weighted by atomic mass is 35.5. The maximum Gasteiger partial charge on any atom is 0.270 e. The van der Waals surface area contributed by atoms with Crippen LogP contribution in [0, 0.1) is 23.7 Å². The molecule has 1 saturated carbocycles. The standard InChI is InChI=1S/C16H13ClN2O3/c17-11-3-1-2-10(7-11)14(20)18-19-15(21)12-8-4-5-9(6-8)13(12)16(19)22/h1-5,7-9,12-13H,6H2,(H,18,20)/t8-,9-,12-,13+/m0/s1. The number of rotatable bonds is 2. The number of carbonyl (C=O) groups is 3. The first kappa shape index (κ1) is 13.5. The lowest BCUT2D eigenvalue weighted by atomic mass is 9.85. The minimum absolute atomic E-state index is 0.125. The van der Waals surface area contributed by atoms with Crippen LogP contribution in [0.2, 0.25) is 5.02 Å². The number of halogens is 1. The number of amides is 3. The molecule has 22 heavy (non-hydrogen) atoms. The van der Waals surface area contributed by atoms with Crippen LogP contribution < -0.4 is 5.43 Å². The second-order valence-corrected chi connectivity index (χ2v) is 6.40. The Bertz CT molecular complexity index is 700. The van der Waals surface area contributed by atoms with Crippen LogP contribution in [0.4, 0.5) is 0 Å². The van der Waals surface area contributed by atoms with E-state index in [-0.39, 0.29) is 35.5 Å². The van der Waals surface area contributed by atoms with Crippen molar-refractivity contribution in [3.63, 3.8) is 0 Å². The van der Waals surface area contributed by atoms with E-state index in [2.05, 4.69) is 5.43 Å². The van der Waals surface area contributed by atoms with Crippen molar-refractivity contribution in [3.05, 3.63) is 47.0 Å². The summed E-state index contributed by atoms with van der Waals surface area (Å²) in [5.41, 5.74) is 2.74. The number of nitrogens with one attached hydrogen (secondary N) is 1. The Balaban J connectivity index is 1.56. The number of benzene rings is 1. The summed E-state index contributed by atoms with van der Waals surface area (Å²) in [5.74, 6) is -1.50. The third-order valence-electron chi connectivity index (χ3n) is 4.77. The van der Waals surface area contributed by atoms with Crippen molar-refractivity contribution in [3.8, 4) is 0 Å². The number of hydrogen-bond donors (Lipinski definition) is 1. The van der Waals surface area contributed by atoms with Crippen LogP contribution in [-0.2, 0) is 9.59 Å². The summed E-state index contributed by atoms with van der Waals surface area (Å²) >= 11 is 5.85. The largest absolute Gasteiger partial charge is 0.272 e. The molecule has 6 heteroatoms. The van der Waals surface area contributed by atoms with E-state index in [0.717, 1.165) is 11.4 Å². The Morgan fingerprint density at radius 3 is 2.36 bits per heavy atom. The third-order valence-corrected chi connectivity index (χ3v) is 5.01. The minimum Gasteiger partial charge on any atom is -0.272 e. The highest BCUT2D eigenvalue weighted by Gasteiger charge is 2.59. The van der Waals surface area contributed by atoms with E-state index in [1.807, 2.05) is 12.2 Å². The van der Waals surface area contributed by atoms with Crippen molar-refractivity contribution >= 4 is 29.3 Å². The van der Waals surface area contributed by atoms with Gasteiger partial charge in [-0.05, 0) is 36.5 Å². The Labute approximate surface area is 131 Å². The predicted molar refractivity (Wildman–Crippen MR) is 78.5 cm³/mol. The van der Waals surface area contributed by atoms with Gasteiger partial charge in [0.05, 0.1) is 11.8 Å². The molecule has 1 aliphatic heterocycles. The van der Waals surface area contributed by atoms with Gasteiger partial charge in [-0.15, -0.1) is 0 Å². The Morgan fingerprint density at radius 2 is 1.77 bits per heavy atom. The van der Waals surface area contributed by atoms with E-state index < -0.39 is 5.91 Å². The van der Waals surface area contributed by atoms with Crippen molar-refractivity contribution in [2.45, 2.75) is 6.42 Å². The molecule has 1 aromatic rings. The van der Waals surface area contributed by atoms with Crippen LogP contribution in [0.15, 0.2) is 36.4 Å². The molecule has 1 saturated heterocycles. The van der Waals surface area contributed by atoms with Crippen molar-refractivity contribution in [1.82, 2.24) is 10.4 Å². The van der Waals surface area contributed by atoms with Gasteiger partial charge in [0.25, 0.3) is 17.7 Å². The number of carbonyl (C=O) groups excluding carboxylic acids is 3. The Hall–Kier alpha value is -2.14. The van der Waals surface area contributed by atoms with Gasteiger partial charge >= 0.3 is 0 Å². The van der Waals surface area contributed by atoms with E-state index >= 15 is 0 Å². The summed E-state index contributed by atoms with van der Waals surface area (Å²) in [6.07, 6.45) is 4.89. The molecule has 1 heterocycles. The molecule has 3 amide bonds. The lowest BCUT2D eigenvalue weighted by Crippen LogP contribution is -2.47. The van der Waals surface area contributed by atoms with Crippen molar-refractivity contribution in [2.75, 3.05) is 0 Å². The molecule has 2 aliphatic carbocycles. The van der Waals surface area contributed by atoms with Crippen LogP contribution >= 0.6 is 11.6 Å². The molecule has 1 N–H and O–H groups in total. The van der Waals surface area contributed by atoms with Crippen molar-refractivity contribution in [1.29, 1.82) is 0 Å². The molecule has 2 bridgehead atoms. The molecule has 4 atom stereocenters. The number of hydrazine groups is 1. The third kappa shape index (κ3) is 1.82. The maximum absolute atomic E-state index is 12.5. The van der Waals surface area contributed by atoms with E-state index in [1.54, 1.807) is 18.2 Å². The van der Waals surface area contributed by atoms with Crippen LogP contribution in [0.3, 0.4) is 0 Å². The van der Waals surface area contributed by atoms with Crippen molar-refractivity contribution < 1.29 is 14.4 Å². The topological polar surface area (TPSA) is 66.5 Å². The second kappa shape index (κ2) is 4.68. The summed E-state index contributed by atoms with van der Waals surface area (Å²) < 4.78 is 0. The fourth-order valence-corrected chi connectivity index (χ4v) is 4.00. The number of fused-ring (bicyclic) bond motifs is 5. The summed E-state index contributed by atoms with van der Waals surface area (Å²) in [6, 6.07) is 6.37. The second-order valence-electron chi connectivity index (χ2n) is 5.96. The SMILES string of the molecule is O=C(NN1C(=O)[C@@H]2[C@H](C1=O)[C@H]1C=C[C@H]2C1)c1cccc(Cl)c1. The number of allylic oxidation sites excluding steroid dienone is 2. The minimum atomic E-state index is -0.510. The molecular formula is C16H13ClN2O3. The van der Waals surface area contributed by atoms with Crippen LogP contribution in [0.5, 0.6) is 0 Å². The van der Waals surface area contributed by atoms with E-state index in [1.165, 1.54) is 6.07 Å². The van der Waals surface area contributed by atoms with Gasteiger partial charge in [0, 0.05) is 10.6 Å².